The molecule has 1 aliphatic rings. The summed E-state index contributed by atoms with van der Waals surface area (Å²) in [6, 6.07) is 106. The third kappa shape index (κ3) is 7.46. The Morgan fingerprint density at radius 3 is 1.66 bits per heavy atom. The lowest BCUT2D eigenvalue weighted by molar-refractivity contribution is 0.714. The zero-order valence-corrected chi connectivity index (χ0v) is 43.3. The van der Waals surface area contributed by atoms with E-state index in [1.807, 2.05) is 11.3 Å². The minimum absolute atomic E-state index is 0.256. The van der Waals surface area contributed by atoms with Gasteiger partial charge in [-0.3, -0.25) is 0 Å². The Morgan fingerprint density at radius 1 is 0.299 bits per heavy atom. The molecule has 0 bridgehead atoms. The molecule has 1 aliphatic carbocycles. The van der Waals surface area contributed by atoms with Crippen molar-refractivity contribution < 1.29 is 0 Å². The first-order chi connectivity index (χ1) is 38.0. The maximum Gasteiger partial charge on any atom is 0.0661 e. The molecule has 1 unspecified atom stereocenters. The van der Waals surface area contributed by atoms with Gasteiger partial charge in [0.2, 0.25) is 0 Å². The Hall–Kier alpha value is -9.54. The SMILES string of the molecule is CC1(c2ccccc2)c2ccccc2-c2cc(-c3ccc4sc5c(N(c6ccccc6)c6ccc(-c7ccc8ccccc8c7)cc6)cc(N(c6ccc7ccccc7c6)c6cccc7ccccc67)cc5c4c3)ccc21. The quantitative estimate of drug-likeness (QED) is 0.142. The van der Waals surface area contributed by atoms with Crippen LogP contribution in [0.15, 0.2) is 285 Å². The Bertz CT molecular complexity index is 4590. The van der Waals surface area contributed by atoms with E-state index in [0.29, 0.717) is 0 Å². The molecule has 0 saturated heterocycles. The molecule has 15 rings (SSSR count). The van der Waals surface area contributed by atoms with Gasteiger partial charge in [0.15, 0.2) is 0 Å². The largest absolute Gasteiger partial charge is 0.310 e. The van der Waals surface area contributed by atoms with Crippen molar-refractivity contribution in [2.75, 3.05) is 9.80 Å². The molecular weight excluding hydrogens is 949 g/mol. The summed E-state index contributed by atoms with van der Waals surface area (Å²) in [6.07, 6.45) is 0. The normalized spacial score (nSPS) is 13.8. The minimum atomic E-state index is -0.256. The summed E-state index contributed by atoms with van der Waals surface area (Å²) in [5.74, 6) is 0. The van der Waals surface area contributed by atoms with Gasteiger partial charge >= 0.3 is 0 Å². The molecule has 0 saturated carbocycles. The van der Waals surface area contributed by atoms with Crippen LogP contribution >= 0.6 is 11.3 Å². The van der Waals surface area contributed by atoms with Gasteiger partial charge in [0, 0.05) is 49.0 Å². The summed E-state index contributed by atoms with van der Waals surface area (Å²) >= 11 is 1.88. The van der Waals surface area contributed by atoms with E-state index < -0.39 is 0 Å². The van der Waals surface area contributed by atoms with Crippen LogP contribution in [0.25, 0.3) is 85.9 Å². The number of anilines is 6. The predicted octanol–water partition coefficient (Wildman–Crippen LogP) is 21.1. The van der Waals surface area contributed by atoms with E-state index in [9.17, 15) is 0 Å². The Balaban J connectivity index is 0.965. The lowest BCUT2D eigenvalue weighted by Gasteiger charge is -2.31. The van der Waals surface area contributed by atoms with Gasteiger partial charge in [0.1, 0.15) is 0 Å². The summed E-state index contributed by atoms with van der Waals surface area (Å²) in [5.41, 5.74) is 17.7. The van der Waals surface area contributed by atoms with Crippen LogP contribution in [0.5, 0.6) is 0 Å². The second-order valence-electron chi connectivity index (χ2n) is 20.6. The third-order valence-corrected chi connectivity index (χ3v) is 17.5. The molecule has 1 aromatic heterocycles. The minimum Gasteiger partial charge on any atom is -0.310 e. The van der Waals surface area contributed by atoms with Crippen molar-refractivity contribution >= 4 is 98.0 Å². The van der Waals surface area contributed by atoms with E-state index in [4.69, 9.17) is 0 Å². The van der Waals surface area contributed by atoms with Crippen molar-refractivity contribution in [1.29, 1.82) is 0 Å². The number of benzene rings is 13. The highest BCUT2D eigenvalue weighted by Crippen LogP contribution is 2.54. The van der Waals surface area contributed by atoms with Crippen molar-refractivity contribution in [2.24, 2.45) is 0 Å². The number of thiophene rings is 1. The molecule has 2 nitrogen and oxygen atoms in total. The first-order valence-electron chi connectivity index (χ1n) is 26.6. The van der Waals surface area contributed by atoms with Crippen molar-refractivity contribution in [3.63, 3.8) is 0 Å². The zero-order valence-electron chi connectivity index (χ0n) is 42.4. The van der Waals surface area contributed by atoms with Crippen molar-refractivity contribution in [3.8, 4) is 33.4 Å². The first kappa shape index (κ1) is 44.9. The van der Waals surface area contributed by atoms with Gasteiger partial charge in [-0.1, -0.05) is 206 Å². The monoisotopic (exact) mass is 998 g/mol. The highest BCUT2D eigenvalue weighted by molar-refractivity contribution is 7.26. The summed E-state index contributed by atoms with van der Waals surface area (Å²) in [6.45, 7) is 2.39. The van der Waals surface area contributed by atoms with Crippen LogP contribution in [0.3, 0.4) is 0 Å². The molecule has 1 heterocycles. The van der Waals surface area contributed by atoms with Gasteiger partial charge in [-0.2, -0.15) is 0 Å². The van der Waals surface area contributed by atoms with Crippen molar-refractivity contribution in [2.45, 2.75) is 12.3 Å². The van der Waals surface area contributed by atoms with Gasteiger partial charge in [-0.05, 0) is 163 Å². The highest BCUT2D eigenvalue weighted by atomic mass is 32.1. The summed E-state index contributed by atoms with van der Waals surface area (Å²) in [7, 11) is 0. The topological polar surface area (TPSA) is 6.48 Å². The van der Waals surface area contributed by atoms with Crippen LogP contribution in [0, 0.1) is 0 Å². The Morgan fingerprint density at radius 2 is 0.857 bits per heavy atom. The lowest BCUT2D eigenvalue weighted by atomic mass is 9.74. The smallest absolute Gasteiger partial charge is 0.0661 e. The molecule has 0 N–H and O–H groups in total. The lowest BCUT2D eigenvalue weighted by Crippen LogP contribution is -2.22. The number of hydrogen-bond acceptors (Lipinski definition) is 3. The van der Waals surface area contributed by atoms with Gasteiger partial charge in [-0.25, -0.2) is 0 Å². The maximum absolute atomic E-state index is 2.48. The van der Waals surface area contributed by atoms with Crippen LogP contribution in [0.4, 0.5) is 34.1 Å². The van der Waals surface area contributed by atoms with E-state index >= 15 is 0 Å². The van der Waals surface area contributed by atoms with Crippen LogP contribution in [0.2, 0.25) is 0 Å². The fourth-order valence-electron chi connectivity index (χ4n) is 12.4. The molecule has 77 heavy (non-hydrogen) atoms. The van der Waals surface area contributed by atoms with Gasteiger partial charge in [-0.15, -0.1) is 11.3 Å². The number of fused-ring (bicyclic) bond motifs is 9. The highest BCUT2D eigenvalue weighted by Gasteiger charge is 2.40. The molecule has 0 fully saturated rings. The van der Waals surface area contributed by atoms with Crippen LogP contribution in [0.1, 0.15) is 23.6 Å². The van der Waals surface area contributed by atoms with Crippen LogP contribution < -0.4 is 9.80 Å². The Labute approximate surface area is 452 Å². The second-order valence-corrected chi connectivity index (χ2v) is 21.6. The second kappa shape index (κ2) is 18.1. The van der Waals surface area contributed by atoms with Crippen molar-refractivity contribution in [3.05, 3.63) is 302 Å². The standard InChI is InChI=1S/C74H50N2S/c1-74(58-23-4-2-5-24-58)68-29-15-14-28-64(68)65-45-56(36-41-69(65)74)57-37-42-72-66(46-57)67-47-62(76(61-40-35-50-18-9-11-21-54(50)44-61)70-30-16-22-52-19-12-13-27-63(52)70)48-71(73(67)77-72)75(59-25-6-3-7-26-59)60-38-33-51(34-39-60)55-32-31-49-17-8-10-20-53(49)43-55/h2-48H,1H3. The van der Waals surface area contributed by atoms with Crippen LogP contribution in [-0.2, 0) is 5.41 Å². The average molecular weight is 999 g/mol. The van der Waals surface area contributed by atoms with Gasteiger partial charge in [0.05, 0.1) is 16.1 Å². The molecule has 3 heteroatoms. The average Bonchev–Trinajstić information content (AvgIpc) is 4.08. The molecular formula is C74H50N2S. The van der Waals surface area contributed by atoms with E-state index in [1.165, 1.54) is 103 Å². The van der Waals surface area contributed by atoms with Crippen molar-refractivity contribution in [1.82, 2.24) is 0 Å². The van der Waals surface area contributed by atoms with E-state index in [-0.39, 0.29) is 5.41 Å². The molecule has 0 spiro atoms. The number of hydrogen-bond donors (Lipinski definition) is 0. The van der Waals surface area contributed by atoms with E-state index in [1.54, 1.807) is 0 Å². The molecule has 0 aliphatic heterocycles. The predicted molar refractivity (Wildman–Crippen MR) is 330 cm³/mol. The fourth-order valence-corrected chi connectivity index (χ4v) is 13.6. The van der Waals surface area contributed by atoms with Gasteiger partial charge < -0.3 is 9.80 Å². The third-order valence-electron chi connectivity index (χ3n) is 16.3. The fraction of sp³-hybridized carbons (Fsp3) is 0.0270. The molecule has 14 aromatic rings. The number of nitrogens with zero attached hydrogens (tertiary/aromatic N) is 2. The summed E-state index contributed by atoms with van der Waals surface area (Å²) in [5, 5.41) is 9.72. The van der Waals surface area contributed by atoms with Crippen LogP contribution in [-0.4, -0.2) is 0 Å². The molecule has 362 valence electrons. The zero-order chi connectivity index (χ0) is 51.0. The number of para-hydroxylation sites is 1. The Kier molecular flexibility index (Phi) is 10.6. The molecule has 0 amide bonds. The maximum atomic E-state index is 2.48. The summed E-state index contributed by atoms with van der Waals surface area (Å²) < 4.78 is 2.47. The van der Waals surface area contributed by atoms with Gasteiger partial charge in [0.25, 0.3) is 0 Å². The molecule has 13 aromatic carbocycles. The first-order valence-corrected chi connectivity index (χ1v) is 27.4. The van der Waals surface area contributed by atoms with E-state index in [0.717, 1.165) is 34.1 Å². The summed E-state index contributed by atoms with van der Waals surface area (Å²) in [4.78, 5) is 4.95. The molecule has 1 atom stereocenters. The van der Waals surface area contributed by atoms with E-state index in [2.05, 4.69) is 302 Å². The molecule has 0 radical (unpaired) electrons. The number of rotatable bonds is 9.